The van der Waals surface area contributed by atoms with Gasteiger partial charge in [0.25, 0.3) is 0 Å². The van der Waals surface area contributed by atoms with Crippen LogP contribution in [0.1, 0.15) is 0 Å². The summed E-state index contributed by atoms with van der Waals surface area (Å²) in [6, 6.07) is 0. The van der Waals surface area contributed by atoms with Gasteiger partial charge in [0.15, 0.2) is 0 Å². The Labute approximate surface area is 140 Å². The Bertz CT molecular complexity index is 458. The summed E-state index contributed by atoms with van der Waals surface area (Å²) in [5.41, 5.74) is 0. The Kier molecular flexibility index (Phi) is 10.3. The fraction of sp³-hybridized carbons (Fsp3) is 0.692. The molecule has 138 valence electrons. The van der Waals surface area contributed by atoms with Crippen molar-refractivity contribution >= 4 is 23.8 Å². The minimum absolute atomic E-state index is 0.0515. The van der Waals surface area contributed by atoms with Crippen LogP contribution in [0.4, 0.5) is 0 Å². The highest BCUT2D eigenvalue weighted by molar-refractivity contribution is 5.78. The van der Waals surface area contributed by atoms with Crippen molar-refractivity contribution in [2.24, 2.45) is 0 Å². The maximum absolute atomic E-state index is 11.5. The Morgan fingerprint density at radius 2 is 1.21 bits per heavy atom. The molecule has 24 heavy (non-hydrogen) atoms. The van der Waals surface area contributed by atoms with Crippen molar-refractivity contribution in [1.82, 2.24) is 25.3 Å². The number of rotatable bonds is 12. The molecule has 0 aliphatic carbocycles. The van der Waals surface area contributed by atoms with Gasteiger partial charge in [0.2, 0.25) is 11.8 Å². The lowest BCUT2D eigenvalue weighted by atomic mass is 10.4. The smallest absolute Gasteiger partial charge is 0.317 e. The third-order valence-electron chi connectivity index (χ3n) is 2.90. The molecule has 0 fully saturated rings. The lowest BCUT2D eigenvalue weighted by Gasteiger charge is -2.30. The van der Waals surface area contributed by atoms with Gasteiger partial charge in [-0.1, -0.05) is 0 Å². The fourth-order valence-corrected chi connectivity index (χ4v) is 1.96. The van der Waals surface area contributed by atoms with E-state index in [-0.39, 0.29) is 44.8 Å². The summed E-state index contributed by atoms with van der Waals surface area (Å²) < 4.78 is 0. The highest BCUT2D eigenvalue weighted by Crippen LogP contribution is 1.98. The van der Waals surface area contributed by atoms with Crippen LogP contribution in [0.5, 0.6) is 0 Å². The van der Waals surface area contributed by atoms with Crippen molar-refractivity contribution in [2.75, 3.05) is 60.7 Å². The number of hydrogen-bond acceptors (Lipinski definition) is 7. The molecule has 0 aliphatic rings. The van der Waals surface area contributed by atoms with Gasteiger partial charge in [-0.15, -0.1) is 0 Å². The Hall–Kier alpha value is -2.24. The standard InChI is InChI=1S/C13H25N5O6/c1-14-10(19)4-16(3)8-18(7-13(23)24)9-17(6-12(21)22)5-11(20)15-2/h4-9H2,1-3H3,(H,14,19)(H,15,20)(H,21,22)(H,23,24). The average Bonchev–Trinajstić information content (AvgIpc) is 2.44. The Morgan fingerprint density at radius 3 is 1.67 bits per heavy atom. The molecule has 0 rings (SSSR count). The summed E-state index contributed by atoms with van der Waals surface area (Å²) in [5.74, 6) is -2.85. The molecule has 0 aromatic carbocycles. The predicted octanol–water partition coefficient (Wildman–Crippen LogP) is -2.90. The molecule has 0 aromatic rings. The third-order valence-corrected chi connectivity index (χ3v) is 2.90. The van der Waals surface area contributed by atoms with Crippen LogP contribution in [-0.4, -0.2) is 109 Å². The number of carbonyl (C=O) groups is 4. The SMILES string of the molecule is CNC(=O)CN(C)CN(CC(=O)O)CN(CC(=O)O)CC(=O)NC. The molecule has 0 saturated heterocycles. The topological polar surface area (TPSA) is 143 Å². The number of nitrogens with zero attached hydrogens (tertiary/aromatic N) is 3. The van der Waals surface area contributed by atoms with E-state index in [0.717, 1.165) is 0 Å². The molecule has 11 heteroatoms. The number of carbonyl (C=O) groups excluding carboxylic acids is 2. The van der Waals surface area contributed by atoms with E-state index in [1.807, 2.05) is 0 Å². The maximum Gasteiger partial charge on any atom is 0.317 e. The van der Waals surface area contributed by atoms with E-state index in [0.29, 0.717) is 0 Å². The van der Waals surface area contributed by atoms with Gasteiger partial charge in [-0.2, -0.15) is 0 Å². The number of carboxylic acids is 2. The lowest BCUT2D eigenvalue weighted by Crippen LogP contribution is -2.50. The minimum atomic E-state index is -1.13. The average molecular weight is 347 g/mol. The van der Waals surface area contributed by atoms with Gasteiger partial charge in [0.1, 0.15) is 0 Å². The van der Waals surface area contributed by atoms with Crippen LogP contribution in [0.25, 0.3) is 0 Å². The van der Waals surface area contributed by atoms with E-state index < -0.39 is 18.5 Å². The van der Waals surface area contributed by atoms with Gasteiger partial charge in [-0.05, 0) is 7.05 Å². The number of hydrogen-bond donors (Lipinski definition) is 4. The second-order valence-electron chi connectivity index (χ2n) is 5.25. The molecular weight excluding hydrogens is 322 g/mol. The molecule has 0 radical (unpaired) electrons. The number of nitrogens with one attached hydrogen (secondary N) is 2. The second kappa shape index (κ2) is 11.3. The number of likely N-dealkylation sites (N-methyl/N-ethyl adjacent to an activating group) is 3. The van der Waals surface area contributed by atoms with E-state index in [1.54, 1.807) is 11.9 Å². The zero-order valence-corrected chi connectivity index (χ0v) is 14.1. The molecule has 0 atom stereocenters. The summed E-state index contributed by atoms with van der Waals surface area (Å²) in [7, 11) is 4.54. The van der Waals surface area contributed by atoms with Crippen LogP contribution in [0, 0.1) is 0 Å². The predicted molar refractivity (Wildman–Crippen MR) is 84.0 cm³/mol. The van der Waals surface area contributed by atoms with Crippen LogP contribution < -0.4 is 10.6 Å². The van der Waals surface area contributed by atoms with Crippen molar-refractivity contribution < 1.29 is 29.4 Å². The van der Waals surface area contributed by atoms with Crippen LogP contribution >= 0.6 is 0 Å². The maximum atomic E-state index is 11.5. The molecule has 11 nitrogen and oxygen atoms in total. The molecular formula is C13H25N5O6. The summed E-state index contributed by atoms with van der Waals surface area (Å²) in [4.78, 5) is 49.1. The summed E-state index contributed by atoms with van der Waals surface area (Å²) in [6.07, 6.45) is 0. The number of carboxylic acid groups (broad SMARTS) is 2. The Balaban J connectivity index is 4.90. The molecule has 0 aliphatic heterocycles. The summed E-state index contributed by atoms with van der Waals surface area (Å²) in [5, 5.41) is 22.8. The highest BCUT2D eigenvalue weighted by Gasteiger charge is 2.20. The van der Waals surface area contributed by atoms with Gasteiger partial charge in [-0.3, -0.25) is 33.9 Å². The van der Waals surface area contributed by atoms with E-state index in [9.17, 15) is 19.2 Å². The molecule has 0 bridgehead atoms. The normalized spacial score (nSPS) is 10.9. The van der Waals surface area contributed by atoms with E-state index in [2.05, 4.69) is 10.6 Å². The zero-order valence-electron chi connectivity index (χ0n) is 14.1. The molecule has 0 unspecified atom stereocenters. The van der Waals surface area contributed by atoms with Gasteiger partial charge in [0.05, 0.1) is 39.5 Å². The summed E-state index contributed by atoms with van der Waals surface area (Å²) >= 11 is 0. The largest absolute Gasteiger partial charge is 0.480 e. The zero-order chi connectivity index (χ0) is 18.7. The van der Waals surface area contributed by atoms with Gasteiger partial charge < -0.3 is 20.8 Å². The molecule has 4 N–H and O–H groups in total. The van der Waals surface area contributed by atoms with Crippen molar-refractivity contribution in [3.8, 4) is 0 Å². The van der Waals surface area contributed by atoms with Crippen molar-refractivity contribution in [3.05, 3.63) is 0 Å². The van der Waals surface area contributed by atoms with Crippen molar-refractivity contribution in [3.63, 3.8) is 0 Å². The van der Waals surface area contributed by atoms with E-state index in [4.69, 9.17) is 10.2 Å². The van der Waals surface area contributed by atoms with Gasteiger partial charge in [-0.25, -0.2) is 0 Å². The summed E-state index contributed by atoms with van der Waals surface area (Å²) in [6.45, 7) is -0.836. The van der Waals surface area contributed by atoms with E-state index in [1.165, 1.54) is 23.9 Å². The first-order valence-corrected chi connectivity index (χ1v) is 7.15. The quantitative estimate of drug-likeness (QED) is 0.273. The van der Waals surface area contributed by atoms with Crippen LogP contribution in [0.2, 0.25) is 0 Å². The second-order valence-corrected chi connectivity index (χ2v) is 5.25. The first-order valence-electron chi connectivity index (χ1n) is 7.15. The molecule has 2 amide bonds. The minimum Gasteiger partial charge on any atom is -0.480 e. The van der Waals surface area contributed by atoms with Crippen LogP contribution in [0.3, 0.4) is 0 Å². The van der Waals surface area contributed by atoms with E-state index >= 15 is 0 Å². The first-order chi connectivity index (χ1) is 11.2. The first kappa shape index (κ1) is 21.8. The van der Waals surface area contributed by atoms with Gasteiger partial charge >= 0.3 is 11.9 Å². The number of aliphatic carboxylic acids is 2. The molecule has 0 saturated carbocycles. The number of amides is 2. The Morgan fingerprint density at radius 1 is 0.750 bits per heavy atom. The third kappa shape index (κ3) is 10.5. The van der Waals surface area contributed by atoms with Crippen molar-refractivity contribution in [2.45, 2.75) is 0 Å². The molecule has 0 heterocycles. The molecule has 0 aromatic heterocycles. The lowest BCUT2D eigenvalue weighted by molar-refractivity contribution is -0.140. The van der Waals surface area contributed by atoms with Crippen LogP contribution in [-0.2, 0) is 19.2 Å². The molecule has 0 spiro atoms. The van der Waals surface area contributed by atoms with Crippen molar-refractivity contribution in [1.29, 1.82) is 0 Å². The monoisotopic (exact) mass is 347 g/mol. The van der Waals surface area contributed by atoms with Crippen LogP contribution in [0.15, 0.2) is 0 Å². The fourth-order valence-electron chi connectivity index (χ4n) is 1.96. The van der Waals surface area contributed by atoms with Gasteiger partial charge in [0, 0.05) is 14.1 Å². The highest BCUT2D eigenvalue weighted by atomic mass is 16.4.